The van der Waals surface area contributed by atoms with Crippen molar-refractivity contribution < 1.29 is 9.53 Å². The van der Waals surface area contributed by atoms with Gasteiger partial charge in [0.2, 0.25) is 0 Å². The number of hydrogen-bond acceptors (Lipinski definition) is 4. The fourth-order valence-corrected chi connectivity index (χ4v) is 10.5. The van der Waals surface area contributed by atoms with Crippen LogP contribution >= 0.6 is 0 Å². The Balaban J connectivity index is 0.00000237. The van der Waals surface area contributed by atoms with E-state index in [4.69, 9.17) is 4.74 Å². The molecule has 4 fully saturated rings. The van der Waals surface area contributed by atoms with E-state index < -0.39 is 0 Å². The summed E-state index contributed by atoms with van der Waals surface area (Å²) in [6.07, 6.45) is 22.4. The van der Waals surface area contributed by atoms with Gasteiger partial charge in [-0.15, -0.1) is 12.8 Å². The average Bonchev–Trinajstić information content (AvgIpc) is 3.21. The Labute approximate surface area is 259 Å². The number of fused-ring (bicyclic) bond motifs is 5. The highest BCUT2D eigenvalue weighted by molar-refractivity contribution is 5.67. The molecule has 2 N–H and O–H groups in total. The molecule has 236 valence electrons. The molecular weight excluding hydrogens is 516 g/mol. The van der Waals surface area contributed by atoms with Crippen LogP contribution in [0.3, 0.4) is 0 Å². The number of nitrogens with one attached hydrogen (secondary N) is 2. The zero-order chi connectivity index (χ0) is 31.3. The lowest BCUT2D eigenvalue weighted by atomic mass is 9.37. The summed E-state index contributed by atoms with van der Waals surface area (Å²) in [5.41, 5.74) is 5.90. The van der Waals surface area contributed by atoms with E-state index in [1.807, 2.05) is 0 Å². The summed E-state index contributed by atoms with van der Waals surface area (Å²) < 4.78 is 6.26. The van der Waals surface area contributed by atoms with Crippen LogP contribution in [0.1, 0.15) is 120 Å². The van der Waals surface area contributed by atoms with E-state index in [0.29, 0.717) is 11.3 Å². The monoisotopic (exact) mass is 578 g/mol. The van der Waals surface area contributed by atoms with E-state index in [0.717, 1.165) is 62.3 Å². The number of esters is 1. The number of hydrogen-bond donors (Lipinski definition) is 2. The van der Waals surface area contributed by atoms with Crippen molar-refractivity contribution in [3.8, 4) is 12.8 Å². The fraction of sp³-hybridized carbons (Fsp3) is 0.763. The van der Waals surface area contributed by atoms with E-state index in [9.17, 15) is 4.79 Å². The number of carbonyl (C=O) groups excluding carboxylic acids is 1. The van der Waals surface area contributed by atoms with Crippen LogP contribution in [0.2, 0.25) is 0 Å². The Morgan fingerprint density at radius 1 is 1.05 bits per heavy atom. The lowest BCUT2D eigenvalue weighted by Crippen LogP contribution is -2.60. The third kappa shape index (κ3) is 6.43. The summed E-state index contributed by atoms with van der Waals surface area (Å²) in [5, 5.41) is 7.08. The molecule has 0 bridgehead atoms. The topological polar surface area (TPSA) is 50.4 Å². The van der Waals surface area contributed by atoms with Crippen LogP contribution in [0.4, 0.5) is 0 Å². The Morgan fingerprint density at radius 2 is 1.76 bits per heavy atom. The lowest BCUT2D eigenvalue weighted by molar-refractivity contribution is -0.185. The van der Waals surface area contributed by atoms with Crippen LogP contribution in [-0.4, -0.2) is 31.7 Å². The molecule has 0 saturated heterocycles. The van der Waals surface area contributed by atoms with Gasteiger partial charge < -0.3 is 15.4 Å². The predicted molar refractivity (Wildman–Crippen MR) is 178 cm³/mol. The van der Waals surface area contributed by atoms with Gasteiger partial charge in [0.1, 0.15) is 6.10 Å². The standard InChI is InChI=1S/C36H60N2O2.C2H2/c1-10-37-21-22-38-26(5)28(15-11-13-24(2)3)33-30-16-17-32-34(7)19-12-14-25(4)29(34)18-20-35(32,8)36(30,9)23-31(33)40-27(6)39;1-2/h13,25,29-32,37-38H,5,10-12,14-23H2,1-4,6-9H3;1-2H/b33-28-;/t25-,29?,30?,31?,32?,34?,35+,36?;/m1./s1. The zero-order valence-corrected chi connectivity index (χ0v) is 28.3. The van der Waals surface area contributed by atoms with Crippen LogP contribution in [0.15, 0.2) is 35.1 Å². The van der Waals surface area contributed by atoms with Crippen molar-refractivity contribution in [3.05, 3.63) is 35.1 Å². The second-order valence-corrected chi connectivity index (χ2v) is 14.9. The summed E-state index contributed by atoms with van der Waals surface area (Å²) in [5.74, 6) is 2.74. The quantitative estimate of drug-likeness (QED) is 0.118. The lowest BCUT2D eigenvalue weighted by Gasteiger charge is -2.67. The molecule has 0 heterocycles. The van der Waals surface area contributed by atoms with Crippen molar-refractivity contribution in [2.75, 3.05) is 19.6 Å². The summed E-state index contributed by atoms with van der Waals surface area (Å²) in [4.78, 5) is 12.5. The second kappa shape index (κ2) is 14.2. The van der Waals surface area contributed by atoms with Crippen LogP contribution < -0.4 is 10.6 Å². The molecule has 4 aliphatic carbocycles. The Bertz CT molecular complexity index is 1050. The smallest absolute Gasteiger partial charge is 0.303 e. The second-order valence-electron chi connectivity index (χ2n) is 14.9. The van der Waals surface area contributed by atoms with E-state index in [1.165, 1.54) is 61.7 Å². The van der Waals surface area contributed by atoms with Gasteiger partial charge in [-0.05, 0) is 123 Å². The van der Waals surface area contributed by atoms with Crippen molar-refractivity contribution in [2.45, 2.75) is 126 Å². The van der Waals surface area contributed by atoms with Crippen LogP contribution in [-0.2, 0) is 9.53 Å². The average molecular weight is 579 g/mol. The maximum absolute atomic E-state index is 12.5. The third-order valence-electron chi connectivity index (χ3n) is 12.5. The molecule has 0 aliphatic heterocycles. The van der Waals surface area contributed by atoms with Gasteiger partial charge in [0.05, 0.1) is 0 Å². The Morgan fingerprint density at radius 3 is 2.40 bits per heavy atom. The Hall–Kier alpha value is -1.99. The fourth-order valence-electron chi connectivity index (χ4n) is 10.5. The molecule has 0 aromatic carbocycles. The summed E-state index contributed by atoms with van der Waals surface area (Å²) in [6, 6.07) is 0. The molecule has 4 heteroatoms. The number of ether oxygens (including phenoxy) is 1. The van der Waals surface area contributed by atoms with Crippen molar-refractivity contribution in [1.82, 2.24) is 10.6 Å². The highest BCUT2D eigenvalue weighted by atomic mass is 16.5. The largest absolute Gasteiger partial charge is 0.458 e. The molecular formula is C38H62N2O2. The van der Waals surface area contributed by atoms with Crippen LogP contribution in [0, 0.1) is 52.8 Å². The van der Waals surface area contributed by atoms with Gasteiger partial charge in [-0.3, -0.25) is 4.79 Å². The van der Waals surface area contributed by atoms with Gasteiger partial charge in [-0.1, -0.05) is 65.7 Å². The van der Waals surface area contributed by atoms with Gasteiger partial charge in [0.25, 0.3) is 0 Å². The minimum atomic E-state index is -0.155. The normalized spacial score (nSPS) is 38.0. The van der Waals surface area contributed by atoms with Crippen molar-refractivity contribution in [2.24, 2.45) is 39.9 Å². The molecule has 0 aromatic rings. The number of likely N-dealkylation sites (N-methyl/N-ethyl adjacent to an activating group) is 1. The maximum atomic E-state index is 12.5. The molecule has 0 aromatic heterocycles. The van der Waals surface area contributed by atoms with E-state index in [1.54, 1.807) is 6.92 Å². The molecule has 4 nitrogen and oxygen atoms in total. The van der Waals surface area contributed by atoms with Gasteiger partial charge in [0.15, 0.2) is 0 Å². The minimum absolute atomic E-state index is 0.117. The maximum Gasteiger partial charge on any atom is 0.303 e. The van der Waals surface area contributed by atoms with Crippen LogP contribution in [0.5, 0.6) is 0 Å². The minimum Gasteiger partial charge on any atom is -0.458 e. The highest BCUT2D eigenvalue weighted by Crippen LogP contribution is 2.74. The van der Waals surface area contributed by atoms with Gasteiger partial charge in [-0.25, -0.2) is 0 Å². The van der Waals surface area contributed by atoms with E-state index in [-0.39, 0.29) is 22.9 Å². The first-order valence-corrected chi connectivity index (χ1v) is 16.9. The van der Waals surface area contributed by atoms with Crippen molar-refractivity contribution in [3.63, 3.8) is 0 Å². The molecule has 42 heavy (non-hydrogen) atoms. The number of rotatable bonds is 10. The molecule has 0 radical (unpaired) electrons. The molecule has 4 rings (SSSR count). The third-order valence-corrected chi connectivity index (χ3v) is 12.5. The SMILES string of the molecule is C#C.C=C(NCCNCC)/C(CCC=C(C)C)=C1\C(OC(C)=O)CC2(C)C1CCC1C3(C)CCC[C@@H](C)C3CC[C@@]12C. The molecule has 8 atom stereocenters. The summed E-state index contributed by atoms with van der Waals surface area (Å²) >= 11 is 0. The number of carbonyl (C=O) groups is 1. The molecule has 6 unspecified atom stereocenters. The zero-order valence-electron chi connectivity index (χ0n) is 28.3. The van der Waals surface area contributed by atoms with Crippen LogP contribution in [0.25, 0.3) is 0 Å². The first-order valence-electron chi connectivity index (χ1n) is 16.9. The first kappa shape index (κ1) is 34.5. The van der Waals surface area contributed by atoms with Gasteiger partial charge in [-0.2, -0.15) is 0 Å². The van der Waals surface area contributed by atoms with E-state index in [2.05, 4.69) is 84.6 Å². The van der Waals surface area contributed by atoms with Crippen molar-refractivity contribution >= 4 is 5.97 Å². The van der Waals surface area contributed by atoms with Crippen molar-refractivity contribution in [1.29, 1.82) is 0 Å². The highest BCUT2D eigenvalue weighted by Gasteiger charge is 2.68. The van der Waals surface area contributed by atoms with E-state index >= 15 is 0 Å². The number of allylic oxidation sites excluding steroid dienone is 3. The summed E-state index contributed by atoms with van der Waals surface area (Å²) in [6.45, 7) is 25.8. The predicted octanol–water partition coefficient (Wildman–Crippen LogP) is 8.60. The summed E-state index contributed by atoms with van der Waals surface area (Å²) in [7, 11) is 0. The molecule has 0 spiro atoms. The van der Waals surface area contributed by atoms with Gasteiger partial charge in [0, 0.05) is 25.7 Å². The molecule has 0 amide bonds. The van der Waals surface area contributed by atoms with Gasteiger partial charge >= 0.3 is 5.97 Å². The first-order chi connectivity index (χ1) is 19.9. The number of terminal acetylenes is 1. The molecule has 4 saturated carbocycles. The molecule has 4 aliphatic rings. The Kier molecular flexibility index (Phi) is 11.7.